The number of piperidine rings is 1. The number of hydrogen-bond donors (Lipinski definition) is 1. The molecule has 1 N–H and O–H groups in total. The van der Waals surface area contributed by atoms with Gasteiger partial charge in [-0.1, -0.05) is 35.4 Å². The summed E-state index contributed by atoms with van der Waals surface area (Å²) in [5, 5.41) is 3.08. The smallest absolute Gasteiger partial charge is 0.338 e. The minimum absolute atomic E-state index is 0.00104. The van der Waals surface area contributed by atoms with Gasteiger partial charge in [-0.2, -0.15) is 4.31 Å². The molecule has 8 nitrogen and oxygen atoms in total. The van der Waals surface area contributed by atoms with E-state index in [4.69, 9.17) is 16.3 Å². The van der Waals surface area contributed by atoms with Gasteiger partial charge in [0, 0.05) is 13.1 Å². The molecular weight excluding hydrogens is 498 g/mol. The zero-order valence-electron chi connectivity index (χ0n) is 18.8. The van der Waals surface area contributed by atoms with Gasteiger partial charge in [-0.05, 0) is 62.1 Å². The van der Waals surface area contributed by atoms with E-state index < -0.39 is 28.5 Å². The number of aryl methyl sites for hydroxylation is 2. The number of nitrogens with zero attached hydrogens (tertiary/aromatic N) is 2. The Labute approximate surface area is 206 Å². The molecule has 2 heterocycles. The predicted molar refractivity (Wildman–Crippen MR) is 132 cm³/mol. The van der Waals surface area contributed by atoms with Crippen molar-refractivity contribution in [3.8, 4) is 0 Å². The number of esters is 1. The lowest BCUT2D eigenvalue weighted by molar-refractivity contribution is -0.119. The van der Waals surface area contributed by atoms with Crippen LogP contribution in [0.1, 0.15) is 40.7 Å². The van der Waals surface area contributed by atoms with Gasteiger partial charge in [-0.15, -0.1) is 0 Å². The number of anilines is 1. The van der Waals surface area contributed by atoms with Gasteiger partial charge in [0.25, 0.3) is 5.91 Å². The van der Waals surface area contributed by atoms with E-state index in [0.717, 1.165) is 40.6 Å². The molecule has 34 heavy (non-hydrogen) atoms. The molecule has 1 amide bonds. The normalized spacial score (nSPS) is 14.8. The molecule has 4 rings (SSSR count). The van der Waals surface area contributed by atoms with E-state index in [1.807, 2.05) is 26.0 Å². The highest BCUT2D eigenvalue weighted by Crippen LogP contribution is 2.30. The lowest BCUT2D eigenvalue weighted by Gasteiger charge is -2.26. The number of ether oxygens (including phenoxy) is 1. The first kappa shape index (κ1) is 24.6. The monoisotopic (exact) mass is 521 g/mol. The average Bonchev–Trinajstić information content (AvgIpc) is 3.20. The fourth-order valence-corrected chi connectivity index (χ4v) is 6.94. The maximum atomic E-state index is 13.0. The van der Waals surface area contributed by atoms with Crippen molar-refractivity contribution in [1.29, 1.82) is 0 Å². The van der Waals surface area contributed by atoms with E-state index in [0.29, 0.717) is 18.2 Å². The van der Waals surface area contributed by atoms with Crippen LogP contribution in [0.3, 0.4) is 0 Å². The molecule has 0 spiro atoms. The standard InChI is InChI=1S/C23H24ClN3O5S2/c1-14-10-15(2)21-18(11-14)33-23(26-21)25-20(28)13-32-22(29)16-6-7-17(24)19(12-16)34(30,31)27-8-4-3-5-9-27/h6-7,10-12H,3-5,8-9,13H2,1-2H3,(H,25,26,28). The molecule has 0 unspecified atom stereocenters. The molecule has 11 heteroatoms. The van der Waals surface area contributed by atoms with Crippen molar-refractivity contribution in [2.24, 2.45) is 0 Å². The van der Waals surface area contributed by atoms with Crippen LogP contribution < -0.4 is 5.32 Å². The Morgan fingerprint density at radius 3 is 2.62 bits per heavy atom. The van der Waals surface area contributed by atoms with Crippen molar-refractivity contribution in [1.82, 2.24) is 9.29 Å². The number of carbonyl (C=O) groups excluding carboxylic acids is 2. The van der Waals surface area contributed by atoms with Gasteiger partial charge in [0.2, 0.25) is 10.0 Å². The third-order valence-electron chi connectivity index (χ3n) is 5.51. The summed E-state index contributed by atoms with van der Waals surface area (Å²) in [4.78, 5) is 29.1. The number of rotatable bonds is 6. The molecule has 0 atom stereocenters. The second kappa shape index (κ2) is 9.99. The molecule has 1 saturated heterocycles. The number of sulfonamides is 1. The number of aromatic nitrogens is 1. The van der Waals surface area contributed by atoms with Crippen molar-refractivity contribution in [3.63, 3.8) is 0 Å². The Kier molecular flexibility index (Phi) is 7.22. The maximum absolute atomic E-state index is 13.0. The molecule has 1 aromatic heterocycles. The zero-order valence-corrected chi connectivity index (χ0v) is 21.1. The number of amides is 1. The van der Waals surface area contributed by atoms with Gasteiger partial charge >= 0.3 is 5.97 Å². The Morgan fingerprint density at radius 2 is 1.88 bits per heavy atom. The summed E-state index contributed by atoms with van der Waals surface area (Å²) >= 11 is 7.48. The Hall–Kier alpha value is -2.53. The molecule has 3 aromatic rings. The molecule has 0 saturated carbocycles. The van der Waals surface area contributed by atoms with Gasteiger partial charge in [-0.3, -0.25) is 10.1 Å². The Morgan fingerprint density at radius 1 is 1.15 bits per heavy atom. The van der Waals surface area contributed by atoms with Crippen LogP contribution in [0.4, 0.5) is 5.13 Å². The first-order valence-corrected chi connectivity index (χ1v) is 13.4. The highest BCUT2D eigenvalue weighted by molar-refractivity contribution is 7.89. The lowest BCUT2D eigenvalue weighted by Crippen LogP contribution is -2.35. The van der Waals surface area contributed by atoms with Gasteiger partial charge in [0.15, 0.2) is 11.7 Å². The van der Waals surface area contributed by atoms with Crippen LogP contribution in [-0.2, 0) is 19.6 Å². The summed E-state index contributed by atoms with van der Waals surface area (Å²) in [6.07, 6.45) is 2.54. The van der Waals surface area contributed by atoms with Crippen LogP contribution in [0, 0.1) is 13.8 Å². The fourth-order valence-electron chi connectivity index (χ4n) is 3.87. The molecule has 1 aliphatic rings. The average molecular weight is 522 g/mol. The molecule has 1 fully saturated rings. The fraction of sp³-hybridized carbons (Fsp3) is 0.348. The second-order valence-electron chi connectivity index (χ2n) is 8.18. The third-order valence-corrected chi connectivity index (χ3v) is 8.81. The summed E-state index contributed by atoms with van der Waals surface area (Å²) in [5.41, 5.74) is 2.92. The number of nitrogens with one attached hydrogen (secondary N) is 1. The first-order chi connectivity index (χ1) is 16.1. The molecule has 1 aliphatic heterocycles. The predicted octanol–water partition coefficient (Wildman–Crippen LogP) is 4.54. The number of halogens is 1. The summed E-state index contributed by atoms with van der Waals surface area (Å²) in [7, 11) is -3.83. The van der Waals surface area contributed by atoms with E-state index in [-0.39, 0.29) is 15.5 Å². The van der Waals surface area contributed by atoms with Gasteiger partial charge in [0.1, 0.15) is 4.90 Å². The summed E-state index contributed by atoms with van der Waals surface area (Å²) in [6.45, 7) is 4.23. The van der Waals surface area contributed by atoms with E-state index >= 15 is 0 Å². The van der Waals surface area contributed by atoms with Gasteiger partial charge in [-0.25, -0.2) is 18.2 Å². The molecule has 2 aromatic carbocycles. The SMILES string of the molecule is Cc1cc(C)c2nc(NC(=O)COC(=O)c3ccc(Cl)c(S(=O)(=O)N4CCCCC4)c3)sc2c1. The quantitative estimate of drug-likeness (QED) is 0.477. The highest BCUT2D eigenvalue weighted by Gasteiger charge is 2.29. The van der Waals surface area contributed by atoms with Crippen LogP contribution >= 0.6 is 22.9 Å². The van der Waals surface area contributed by atoms with Crippen molar-refractivity contribution < 1.29 is 22.7 Å². The van der Waals surface area contributed by atoms with Gasteiger partial charge in [0.05, 0.1) is 20.8 Å². The number of fused-ring (bicyclic) bond motifs is 1. The second-order valence-corrected chi connectivity index (χ2v) is 11.5. The van der Waals surface area contributed by atoms with E-state index in [1.165, 1.54) is 33.8 Å². The summed E-state index contributed by atoms with van der Waals surface area (Å²) in [5.74, 6) is -1.37. The third kappa shape index (κ3) is 5.25. The van der Waals surface area contributed by atoms with Crippen molar-refractivity contribution in [3.05, 3.63) is 52.0 Å². The number of hydrogen-bond acceptors (Lipinski definition) is 7. The largest absolute Gasteiger partial charge is 0.452 e. The van der Waals surface area contributed by atoms with Crippen molar-refractivity contribution in [2.75, 3.05) is 25.0 Å². The van der Waals surface area contributed by atoms with Crippen molar-refractivity contribution >= 4 is 60.2 Å². The molecular formula is C23H24ClN3O5S2. The molecule has 180 valence electrons. The van der Waals surface area contributed by atoms with Crippen LogP contribution in [-0.4, -0.2) is 49.3 Å². The molecule has 0 bridgehead atoms. The Bertz CT molecular complexity index is 1360. The van der Waals surface area contributed by atoms with E-state index in [1.54, 1.807) is 0 Å². The summed E-state index contributed by atoms with van der Waals surface area (Å²) < 4.78 is 33.4. The Balaban J connectivity index is 1.42. The number of thiazole rings is 1. The lowest BCUT2D eigenvalue weighted by atomic mass is 10.1. The van der Waals surface area contributed by atoms with Crippen LogP contribution in [0.2, 0.25) is 5.02 Å². The van der Waals surface area contributed by atoms with Crippen LogP contribution in [0.25, 0.3) is 10.2 Å². The summed E-state index contributed by atoms with van der Waals surface area (Å²) in [6, 6.07) is 7.93. The topological polar surface area (TPSA) is 106 Å². The zero-order chi connectivity index (χ0) is 24.5. The van der Waals surface area contributed by atoms with E-state index in [2.05, 4.69) is 10.3 Å². The molecule has 0 aliphatic carbocycles. The van der Waals surface area contributed by atoms with Crippen LogP contribution in [0.15, 0.2) is 35.2 Å². The van der Waals surface area contributed by atoms with Gasteiger partial charge < -0.3 is 4.74 Å². The first-order valence-electron chi connectivity index (χ1n) is 10.8. The highest BCUT2D eigenvalue weighted by atomic mass is 35.5. The minimum Gasteiger partial charge on any atom is -0.452 e. The molecule has 0 radical (unpaired) electrons. The van der Waals surface area contributed by atoms with Crippen molar-refractivity contribution in [2.45, 2.75) is 38.0 Å². The maximum Gasteiger partial charge on any atom is 0.338 e. The number of carbonyl (C=O) groups is 2. The van der Waals surface area contributed by atoms with E-state index in [9.17, 15) is 18.0 Å². The number of benzene rings is 2. The van der Waals surface area contributed by atoms with Crippen LogP contribution in [0.5, 0.6) is 0 Å². The minimum atomic E-state index is -3.83.